The van der Waals surface area contributed by atoms with Crippen molar-refractivity contribution < 1.29 is 13.2 Å². The summed E-state index contributed by atoms with van der Waals surface area (Å²) < 4.78 is 38.8. The van der Waals surface area contributed by atoms with Gasteiger partial charge in [-0.25, -0.2) is 13.2 Å². The molecule has 0 spiro atoms. The Hall–Kier alpha value is -0.0600. The van der Waals surface area contributed by atoms with Crippen LogP contribution in [0.2, 0.25) is 10.0 Å². The summed E-state index contributed by atoms with van der Waals surface area (Å²) in [6, 6.07) is 0. The molecule has 0 radical (unpaired) electrons. The predicted octanol–water partition coefficient (Wildman–Crippen LogP) is 4.52. The van der Waals surface area contributed by atoms with E-state index in [0.29, 0.717) is 5.75 Å². The van der Waals surface area contributed by atoms with Crippen LogP contribution in [0.1, 0.15) is 6.92 Å². The summed E-state index contributed by atoms with van der Waals surface area (Å²) in [5, 5.41) is -0.864. The SMILES string of the molecule is CCSc1c(F)c(F)c(F)c(Cl)c1Cl. The number of thioether (sulfide) groups is 1. The molecule has 0 fully saturated rings. The zero-order valence-electron chi connectivity index (χ0n) is 7.01. The summed E-state index contributed by atoms with van der Waals surface area (Å²) in [7, 11) is 0. The van der Waals surface area contributed by atoms with Crippen molar-refractivity contribution in [2.75, 3.05) is 5.75 Å². The number of benzene rings is 1. The van der Waals surface area contributed by atoms with Crippen molar-refractivity contribution in [2.45, 2.75) is 11.8 Å². The van der Waals surface area contributed by atoms with E-state index in [-0.39, 0.29) is 9.92 Å². The molecule has 0 aliphatic carbocycles. The molecule has 6 heteroatoms. The average molecular weight is 261 g/mol. The maximum absolute atomic E-state index is 13.1. The van der Waals surface area contributed by atoms with Crippen molar-refractivity contribution >= 4 is 35.0 Å². The van der Waals surface area contributed by atoms with Gasteiger partial charge in [0.25, 0.3) is 0 Å². The molecule has 0 heterocycles. The third kappa shape index (κ3) is 1.97. The van der Waals surface area contributed by atoms with E-state index >= 15 is 0 Å². The molecule has 0 aromatic heterocycles. The first-order chi connectivity index (χ1) is 6.50. The lowest BCUT2D eigenvalue weighted by Crippen LogP contribution is -1.96. The van der Waals surface area contributed by atoms with Gasteiger partial charge >= 0.3 is 0 Å². The van der Waals surface area contributed by atoms with E-state index in [4.69, 9.17) is 23.2 Å². The molecule has 0 amide bonds. The molecule has 0 unspecified atom stereocenters. The molecule has 0 N–H and O–H groups in total. The Bertz CT molecular complexity index is 339. The third-order valence-corrected chi connectivity index (χ3v) is 3.36. The Balaban J connectivity index is 3.43. The summed E-state index contributed by atoms with van der Waals surface area (Å²) in [6.45, 7) is 1.73. The highest BCUT2D eigenvalue weighted by atomic mass is 35.5. The van der Waals surface area contributed by atoms with Crippen LogP contribution in [0.3, 0.4) is 0 Å². The quantitative estimate of drug-likeness (QED) is 0.428. The Labute approximate surface area is 93.4 Å². The molecule has 0 aliphatic rings. The van der Waals surface area contributed by atoms with Gasteiger partial charge in [0, 0.05) is 0 Å². The summed E-state index contributed by atoms with van der Waals surface area (Å²) in [6.07, 6.45) is 0. The third-order valence-electron chi connectivity index (χ3n) is 1.46. The van der Waals surface area contributed by atoms with Crippen molar-refractivity contribution in [3.05, 3.63) is 27.5 Å². The van der Waals surface area contributed by atoms with Gasteiger partial charge in [-0.15, -0.1) is 11.8 Å². The monoisotopic (exact) mass is 260 g/mol. The molecule has 0 aliphatic heterocycles. The fraction of sp³-hybridized carbons (Fsp3) is 0.250. The maximum Gasteiger partial charge on any atom is 0.197 e. The van der Waals surface area contributed by atoms with E-state index in [1.165, 1.54) is 0 Å². The summed E-state index contributed by atoms with van der Waals surface area (Å²) in [4.78, 5) is -0.155. The lowest BCUT2D eigenvalue weighted by molar-refractivity contribution is 0.436. The first-order valence-corrected chi connectivity index (χ1v) is 5.39. The van der Waals surface area contributed by atoms with Crippen molar-refractivity contribution in [3.63, 3.8) is 0 Å². The molecule has 0 saturated heterocycles. The fourth-order valence-corrected chi connectivity index (χ4v) is 2.15. The van der Waals surface area contributed by atoms with E-state index in [1.54, 1.807) is 6.92 Å². The molecular weight excluding hydrogens is 256 g/mol. The van der Waals surface area contributed by atoms with E-state index in [1.807, 2.05) is 0 Å². The molecule has 1 rings (SSSR count). The van der Waals surface area contributed by atoms with Crippen LogP contribution < -0.4 is 0 Å². The zero-order valence-corrected chi connectivity index (χ0v) is 9.33. The van der Waals surface area contributed by atoms with Crippen molar-refractivity contribution in [3.8, 4) is 0 Å². The number of halogens is 5. The standard InChI is InChI=1S/C8H5Cl2F3S/c1-2-14-8-4(10)3(9)5(11)6(12)7(8)13/h2H2,1H3. The van der Waals surface area contributed by atoms with Crippen molar-refractivity contribution in [2.24, 2.45) is 0 Å². The van der Waals surface area contributed by atoms with E-state index in [2.05, 4.69) is 0 Å². The fourth-order valence-electron chi connectivity index (χ4n) is 0.856. The molecule has 0 atom stereocenters. The van der Waals surface area contributed by atoms with Crippen LogP contribution in [0.15, 0.2) is 4.90 Å². The summed E-state index contributed by atoms with van der Waals surface area (Å²) in [5.74, 6) is -3.84. The second-order valence-corrected chi connectivity index (χ2v) is 4.36. The minimum absolute atomic E-state index is 0.155. The summed E-state index contributed by atoms with van der Waals surface area (Å²) >= 11 is 11.9. The van der Waals surface area contributed by atoms with Gasteiger partial charge in [-0.05, 0) is 5.75 Å². The molecule has 0 bridgehead atoms. The van der Waals surface area contributed by atoms with Crippen LogP contribution in [-0.2, 0) is 0 Å². The van der Waals surface area contributed by atoms with Gasteiger partial charge < -0.3 is 0 Å². The highest BCUT2D eigenvalue weighted by Crippen LogP contribution is 2.38. The molecule has 0 nitrogen and oxygen atoms in total. The number of rotatable bonds is 2. The molecule has 78 valence electrons. The van der Waals surface area contributed by atoms with Crippen LogP contribution in [-0.4, -0.2) is 5.75 Å². The minimum atomic E-state index is -1.59. The Morgan fingerprint density at radius 2 is 1.57 bits per heavy atom. The molecule has 14 heavy (non-hydrogen) atoms. The van der Waals surface area contributed by atoms with Crippen molar-refractivity contribution in [1.29, 1.82) is 0 Å². The highest BCUT2D eigenvalue weighted by molar-refractivity contribution is 7.99. The lowest BCUT2D eigenvalue weighted by Gasteiger charge is -2.07. The molecule has 1 aromatic rings. The van der Waals surface area contributed by atoms with E-state index < -0.39 is 22.5 Å². The van der Waals surface area contributed by atoms with Crippen LogP contribution in [0, 0.1) is 17.5 Å². The predicted molar refractivity (Wildman–Crippen MR) is 52.7 cm³/mol. The molecule has 0 saturated carbocycles. The largest absolute Gasteiger partial charge is 0.202 e. The smallest absolute Gasteiger partial charge is 0.197 e. The zero-order chi connectivity index (χ0) is 10.9. The lowest BCUT2D eigenvalue weighted by atomic mass is 10.3. The Morgan fingerprint density at radius 3 is 2.07 bits per heavy atom. The topological polar surface area (TPSA) is 0 Å². The van der Waals surface area contributed by atoms with Gasteiger partial charge in [0.1, 0.15) is 0 Å². The van der Waals surface area contributed by atoms with E-state index in [9.17, 15) is 13.2 Å². The van der Waals surface area contributed by atoms with Gasteiger partial charge in [0.2, 0.25) is 0 Å². The average Bonchev–Trinajstić information content (AvgIpc) is 2.19. The first kappa shape index (κ1) is 12.0. The number of hydrogen-bond acceptors (Lipinski definition) is 1. The number of hydrogen-bond donors (Lipinski definition) is 0. The Morgan fingerprint density at radius 1 is 1.00 bits per heavy atom. The second kappa shape index (κ2) is 4.64. The van der Waals surface area contributed by atoms with Gasteiger partial charge in [-0.3, -0.25) is 0 Å². The second-order valence-electron chi connectivity index (χ2n) is 2.33. The first-order valence-electron chi connectivity index (χ1n) is 3.64. The van der Waals surface area contributed by atoms with Crippen LogP contribution in [0.5, 0.6) is 0 Å². The van der Waals surface area contributed by atoms with Crippen LogP contribution in [0.25, 0.3) is 0 Å². The summed E-state index contributed by atoms with van der Waals surface area (Å²) in [5.41, 5.74) is 0. The van der Waals surface area contributed by atoms with Gasteiger partial charge in [-0.2, -0.15) is 0 Å². The highest BCUT2D eigenvalue weighted by Gasteiger charge is 2.22. The molecular formula is C8H5Cl2F3S. The molecule has 1 aromatic carbocycles. The maximum atomic E-state index is 13.1. The van der Waals surface area contributed by atoms with Crippen molar-refractivity contribution in [1.82, 2.24) is 0 Å². The minimum Gasteiger partial charge on any atom is -0.202 e. The Kier molecular flexibility index (Phi) is 3.98. The van der Waals surface area contributed by atoms with Gasteiger partial charge in [0.15, 0.2) is 17.5 Å². The van der Waals surface area contributed by atoms with Crippen LogP contribution >= 0.6 is 35.0 Å². The van der Waals surface area contributed by atoms with Gasteiger partial charge in [-0.1, -0.05) is 30.1 Å². The van der Waals surface area contributed by atoms with Gasteiger partial charge in [0.05, 0.1) is 14.9 Å². The van der Waals surface area contributed by atoms with Crippen LogP contribution in [0.4, 0.5) is 13.2 Å². The van der Waals surface area contributed by atoms with E-state index in [0.717, 1.165) is 11.8 Å². The normalized spacial score (nSPS) is 10.7.